The number of pyridine rings is 1. The normalized spacial score (nSPS) is 13.1. The van der Waals surface area contributed by atoms with Gasteiger partial charge in [-0.2, -0.15) is 0 Å². The van der Waals surface area contributed by atoms with E-state index in [2.05, 4.69) is 53.1 Å². The minimum Gasteiger partial charge on any atom is -0.309 e. The first kappa shape index (κ1) is 13.7. The molecule has 2 nitrogen and oxygen atoms in total. The van der Waals surface area contributed by atoms with Crippen LogP contribution in [0.25, 0.3) is 0 Å². The number of halogens is 1. The van der Waals surface area contributed by atoms with Crippen molar-refractivity contribution < 1.29 is 0 Å². The zero-order chi connectivity index (χ0) is 12.0. The smallest absolute Gasteiger partial charge is 0.0717 e. The van der Waals surface area contributed by atoms with Crippen LogP contribution in [0.5, 0.6) is 0 Å². The summed E-state index contributed by atoms with van der Waals surface area (Å²) in [6, 6.07) is 4.38. The van der Waals surface area contributed by atoms with E-state index < -0.39 is 0 Å². The molecule has 0 saturated carbocycles. The number of hydrogen-bond donors (Lipinski definition) is 1. The largest absolute Gasteiger partial charge is 0.309 e. The average Bonchev–Trinajstić information content (AvgIpc) is 2.30. The van der Waals surface area contributed by atoms with Gasteiger partial charge in [0, 0.05) is 10.7 Å². The maximum Gasteiger partial charge on any atom is 0.0717 e. The summed E-state index contributed by atoms with van der Waals surface area (Å²) in [6.45, 7) is 7.61. The lowest BCUT2D eigenvalue weighted by atomic mass is 9.91. The van der Waals surface area contributed by atoms with Crippen LogP contribution >= 0.6 is 15.9 Å². The van der Waals surface area contributed by atoms with Crippen LogP contribution in [-0.4, -0.2) is 11.5 Å². The highest BCUT2D eigenvalue weighted by atomic mass is 79.9. The van der Waals surface area contributed by atoms with E-state index in [1.54, 1.807) is 0 Å². The van der Waals surface area contributed by atoms with E-state index in [4.69, 9.17) is 0 Å². The summed E-state index contributed by atoms with van der Waals surface area (Å²) in [7, 11) is 0. The second kappa shape index (κ2) is 7.02. The SMILES string of the molecule is CCNC(c1ncccc1Br)C(CC)CC. The summed E-state index contributed by atoms with van der Waals surface area (Å²) >= 11 is 3.59. The molecule has 0 amide bonds. The van der Waals surface area contributed by atoms with Crippen LogP contribution in [0.15, 0.2) is 22.8 Å². The molecule has 0 aliphatic rings. The quantitative estimate of drug-likeness (QED) is 0.856. The maximum atomic E-state index is 4.50. The number of nitrogens with one attached hydrogen (secondary N) is 1. The molecule has 0 aliphatic heterocycles. The third kappa shape index (κ3) is 3.29. The van der Waals surface area contributed by atoms with Gasteiger partial charge >= 0.3 is 0 Å². The lowest BCUT2D eigenvalue weighted by Gasteiger charge is -2.26. The molecular weight excluding hydrogens is 264 g/mol. The van der Waals surface area contributed by atoms with Crippen molar-refractivity contribution in [1.29, 1.82) is 0 Å². The van der Waals surface area contributed by atoms with Gasteiger partial charge in [0.25, 0.3) is 0 Å². The van der Waals surface area contributed by atoms with E-state index in [-0.39, 0.29) is 0 Å². The molecule has 3 heteroatoms. The fourth-order valence-electron chi connectivity index (χ4n) is 2.09. The van der Waals surface area contributed by atoms with Gasteiger partial charge in [-0.1, -0.05) is 33.6 Å². The van der Waals surface area contributed by atoms with Crippen molar-refractivity contribution in [2.24, 2.45) is 5.92 Å². The standard InChI is InChI=1S/C13H21BrN2/c1-4-10(5-2)12(15-6-3)13-11(14)8-7-9-16-13/h7-10,12,15H,4-6H2,1-3H3. The molecule has 1 heterocycles. The molecule has 1 aromatic heterocycles. The fourth-order valence-corrected chi connectivity index (χ4v) is 2.59. The van der Waals surface area contributed by atoms with E-state index in [1.165, 1.54) is 12.8 Å². The van der Waals surface area contributed by atoms with E-state index in [9.17, 15) is 0 Å². The Morgan fingerprint density at radius 1 is 1.31 bits per heavy atom. The second-order valence-electron chi connectivity index (χ2n) is 3.98. The molecule has 0 aromatic carbocycles. The predicted molar refractivity (Wildman–Crippen MR) is 72.4 cm³/mol. The van der Waals surface area contributed by atoms with Crippen LogP contribution in [0.1, 0.15) is 45.3 Å². The van der Waals surface area contributed by atoms with Gasteiger partial charge in [-0.3, -0.25) is 4.98 Å². The summed E-state index contributed by atoms with van der Waals surface area (Å²) in [5.41, 5.74) is 1.14. The number of nitrogens with zero attached hydrogens (tertiary/aromatic N) is 1. The Morgan fingerprint density at radius 2 is 2.00 bits per heavy atom. The van der Waals surface area contributed by atoms with E-state index in [1.807, 2.05) is 12.3 Å². The van der Waals surface area contributed by atoms with Crippen molar-refractivity contribution in [3.63, 3.8) is 0 Å². The first-order valence-corrected chi connectivity index (χ1v) is 6.87. The summed E-state index contributed by atoms with van der Waals surface area (Å²) in [6.07, 6.45) is 4.22. The molecule has 1 atom stereocenters. The predicted octanol–water partition coefficient (Wildman–Crippen LogP) is 3.93. The highest BCUT2D eigenvalue weighted by Gasteiger charge is 2.22. The molecular formula is C13H21BrN2. The van der Waals surface area contributed by atoms with Crippen LogP contribution in [-0.2, 0) is 0 Å². The van der Waals surface area contributed by atoms with E-state index >= 15 is 0 Å². The van der Waals surface area contributed by atoms with Gasteiger partial charge < -0.3 is 5.32 Å². The zero-order valence-corrected chi connectivity index (χ0v) is 11.9. The Morgan fingerprint density at radius 3 is 2.50 bits per heavy atom. The molecule has 90 valence electrons. The fraction of sp³-hybridized carbons (Fsp3) is 0.615. The summed E-state index contributed by atoms with van der Waals surface area (Å²) in [5.74, 6) is 0.645. The first-order valence-electron chi connectivity index (χ1n) is 6.08. The van der Waals surface area contributed by atoms with Crippen molar-refractivity contribution in [2.75, 3.05) is 6.54 Å². The summed E-state index contributed by atoms with van der Waals surface area (Å²) < 4.78 is 1.10. The van der Waals surface area contributed by atoms with Gasteiger partial charge in [0.1, 0.15) is 0 Å². The van der Waals surface area contributed by atoms with Gasteiger partial charge in [-0.15, -0.1) is 0 Å². The lowest BCUT2D eigenvalue weighted by Crippen LogP contribution is -2.28. The molecule has 0 saturated heterocycles. The average molecular weight is 285 g/mol. The summed E-state index contributed by atoms with van der Waals surface area (Å²) in [5, 5.41) is 3.55. The van der Waals surface area contributed by atoms with Crippen molar-refractivity contribution in [1.82, 2.24) is 10.3 Å². The molecule has 16 heavy (non-hydrogen) atoms. The Balaban J connectivity index is 2.97. The molecule has 0 bridgehead atoms. The van der Waals surface area contributed by atoms with Crippen LogP contribution < -0.4 is 5.32 Å². The molecule has 0 radical (unpaired) electrons. The minimum absolute atomic E-state index is 0.357. The first-order chi connectivity index (χ1) is 7.74. The number of hydrogen-bond acceptors (Lipinski definition) is 2. The van der Waals surface area contributed by atoms with Crippen molar-refractivity contribution in [3.05, 3.63) is 28.5 Å². The molecule has 1 rings (SSSR count). The van der Waals surface area contributed by atoms with Crippen LogP contribution in [0.2, 0.25) is 0 Å². The molecule has 0 spiro atoms. The monoisotopic (exact) mass is 284 g/mol. The van der Waals surface area contributed by atoms with Gasteiger partial charge in [0.05, 0.1) is 11.7 Å². The highest BCUT2D eigenvalue weighted by Crippen LogP contribution is 2.30. The van der Waals surface area contributed by atoms with Crippen molar-refractivity contribution in [2.45, 2.75) is 39.7 Å². The molecule has 1 N–H and O–H groups in total. The Bertz CT molecular complexity index is 311. The Hall–Kier alpha value is -0.410. The van der Waals surface area contributed by atoms with Crippen LogP contribution in [0.3, 0.4) is 0 Å². The molecule has 1 unspecified atom stereocenters. The zero-order valence-electron chi connectivity index (χ0n) is 10.3. The van der Waals surface area contributed by atoms with Crippen molar-refractivity contribution >= 4 is 15.9 Å². The maximum absolute atomic E-state index is 4.50. The lowest BCUT2D eigenvalue weighted by molar-refractivity contribution is 0.339. The minimum atomic E-state index is 0.357. The van der Waals surface area contributed by atoms with E-state index in [0.29, 0.717) is 12.0 Å². The number of aromatic nitrogens is 1. The molecule has 0 fully saturated rings. The van der Waals surface area contributed by atoms with Crippen LogP contribution in [0.4, 0.5) is 0 Å². The molecule has 0 aliphatic carbocycles. The number of rotatable bonds is 6. The van der Waals surface area contributed by atoms with Gasteiger partial charge in [0.2, 0.25) is 0 Å². The topological polar surface area (TPSA) is 24.9 Å². The second-order valence-corrected chi connectivity index (χ2v) is 4.84. The third-order valence-electron chi connectivity index (χ3n) is 3.03. The van der Waals surface area contributed by atoms with Gasteiger partial charge in [-0.25, -0.2) is 0 Å². The van der Waals surface area contributed by atoms with Gasteiger partial charge in [-0.05, 0) is 40.5 Å². The van der Waals surface area contributed by atoms with Crippen LogP contribution in [0, 0.1) is 5.92 Å². The highest BCUT2D eigenvalue weighted by molar-refractivity contribution is 9.10. The van der Waals surface area contributed by atoms with E-state index in [0.717, 1.165) is 16.7 Å². The Labute approximate surface area is 107 Å². The molecule has 1 aromatic rings. The third-order valence-corrected chi connectivity index (χ3v) is 3.70. The van der Waals surface area contributed by atoms with Crippen molar-refractivity contribution in [3.8, 4) is 0 Å². The van der Waals surface area contributed by atoms with Gasteiger partial charge in [0.15, 0.2) is 0 Å². The Kier molecular flexibility index (Phi) is 5.99. The summed E-state index contributed by atoms with van der Waals surface area (Å²) in [4.78, 5) is 4.50.